The number of hydrogen-bond acceptors (Lipinski definition) is 4. The molecule has 5 heteroatoms. The van der Waals surface area contributed by atoms with Crippen LogP contribution >= 0.6 is 0 Å². The Labute approximate surface area is 69.6 Å². The summed E-state index contributed by atoms with van der Waals surface area (Å²) in [7, 11) is 0. The summed E-state index contributed by atoms with van der Waals surface area (Å²) in [6, 6.07) is 0. The van der Waals surface area contributed by atoms with Gasteiger partial charge in [-0.05, 0) is 6.42 Å². The summed E-state index contributed by atoms with van der Waals surface area (Å²) in [5.74, 6) is -2.67. The van der Waals surface area contributed by atoms with Gasteiger partial charge in [0.2, 0.25) is 5.78 Å². The molecule has 0 aromatic heterocycles. The van der Waals surface area contributed by atoms with Gasteiger partial charge in [-0.15, -0.1) is 0 Å². The van der Waals surface area contributed by atoms with Crippen molar-refractivity contribution in [3.8, 4) is 0 Å². The maximum atomic E-state index is 10.5. The molecule has 0 aliphatic heterocycles. The lowest BCUT2D eigenvalue weighted by Gasteiger charge is -2.13. The van der Waals surface area contributed by atoms with Gasteiger partial charge in [0.15, 0.2) is 0 Å². The largest absolute Gasteiger partial charge is 0.475 e. The highest BCUT2D eigenvalue weighted by molar-refractivity contribution is 6.32. The average Bonchev–Trinajstić information content (AvgIpc) is 2.02. The molecule has 2 unspecified atom stereocenters. The zero-order chi connectivity index (χ0) is 9.72. The van der Waals surface area contributed by atoms with Gasteiger partial charge in [-0.3, -0.25) is 4.79 Å². The Kier molecular flexibility index (Phi) is 4.46. The van der Waals surface area contributed by atoms with Crippen LogP contribution in [0.4, 0.5) is 0 Å². The molecule has 0 saturated carbocycles. The summed E-state index contributed by atoms with van der Waals surface area (Å²) < 4.78 is 0. The second-order valence-corrected chi connectivity index (χ2v) is 2.48. The number of rotatable bonds is 5. The van der Waals surface area contributed by atoms with Crippen molar-refractivity contribution in [3.63, 3.8) is 0 Å². The number of Topliss-reactive ketones (excluding diaryl/α,β-unsaturated/α-hetero) is 1. The first-order valence-electron chi connectivity index (χ1n) is 3.61. The molecule has 0 rings (SSSR count). The van der Waals surface area contributed by atoms with Crippen molar-refractivity contribution in [2.45, 2.75) is 32.0 Å². The lowest BCUT2D eigenvalue weighted by molar-refractivity contribution is -0.150. The van der Waals surface area contributed by atoms with Crippen LogP contribution in [0.15, 0.2) is 0 Å². The number of carbonyl (C=O) groups excluding carboxylic acids is 1. The molecule has 0 aliphatic rings. The first kappa shape index (κ1) is 11.1. The van der Waals surface area contributed by atoms with Crippen molar-refractivity contribution >= 4 is 11.8 Å². The molecule has 70 valence electrons. The first-order chi connectivity index (χ1) is 5.49. The number of aliphatic carboxylic acids is 1. The fourth-order valence-corrected chi connectivity index (χ4v) is 0.685. The zero-order valence-corrected chi connectivity index (χ0v) is 6.73. The van der Waals surface area contributed by atoms with E-state index in [1.54, 1.807) is 6.92 Å². The van der Waals surface area contributed by atoms with Crippen molar-refractivity contribution in [2.75, 3.05) is 0 Å². The van der Waals surface area contributed by atoms with Gasteiger partial charge in [0, 0.05) is 6.42 Å². The van der Waals surface area contributed by atoms with E-state index < -0.39 is 30.4 Å². The van der Waals surface area contributed by atoms with Crippen molar-refractivity contribution in [3.05, 3.63) is 0 Å². The van der Waals surface area contributed by atoms with E-state index in [0.717, 1.165) is 0 Å². The molecule has 0 aromatic carbocycles. The summed E-state index contributed by atoms with van der Waals surface area (Å²) in [4.78, 5) is 20.5. The van der Waals surface area contributed by atoms with Gasteiger partial charge in [-0.2, -0.15) is 0 Å². The molecule has 5 nitrogen and oxygen atoms in total. The van der Waals surface area contributed by atoms with Crippen molar-refractivity contribution in [1.29, 1.82) is 0 Å². The van der Waals surface area contributed by atoms with E-state index in [1.165, 1.54) is 0 Å². The predicted octanol–water partition coefficient (Wildman–Crippen LogP) is -0.838. The molecule has 0 amide bonds. The minimum Gasteiger partial charge on any atom is -0.475 e. The van der Waals surface area contributed by atoms with E-state index in [0.29, 0.717) is 0 Å². The SMILES string of the molecule is CCC(O)C(O)CC(=O)C(=O)O. The molecule has 0 radical (unpaired) electrons. The normalized spacial score (nSPS) is 15.2. The van der Waals surface area contributed by atoms with Gasteiger partial charge >= 0.3 is 5.97 Å². The fraction of sp³-hybridized carbons (Fsp3) is 0.714. The van der Waals surface area contributed by atoms with Gasteiger partial charge in [0.1, 0.15) is 0 Å². The molecule has 0 heterocycles. The Bertz CT molecular complexity index is 177. The van der Waals surface area contributed by atoms with Crippen LogP contribution in [-0.4, -0.2) is 39.3 Å². The molecule has 0 spiro atoms. The van der Waals surface area contributed by atoms with Crippen LogP contribution in [-0.2, 0) is 9.59 Å². The summed E-state index contributed by atoms with van der Waals surface area (Å²) in [5.41, 5.74) is 0. The van der Waals surface area contributed by atoms with Crippen LogP contribution in [0.3, 0.4) is 0 Å². The van der Waals surface area contributed by atoms with E-state index in [1.807, 2.05) is 0 Å². The van der Waals surface area contributed by atoms with Gasteiger partial charge in [0.05, 0.1) is 12.2 Å². The highest BCUT2D eigenvalue weighted by atomic mass is 16.4. The van der Waals surface area contributed by atoms with Crippen LogP contribution < -0.4 is 0 Å². The molecule has 0 aromatic rings. The molecule has 0 fully saturated rings. The number of ketones is 1. The van der Waals surface area contributed by atoms with E-state index in [9.17, 15) is 9.59 Å². The minimum atomic E-state index is -1.59. The van der Waals surface area contributed by atoms with Crippen molar-refractivity contribution in [1.82, 2.24) is 0 Å². The van der Waals surface area contributed by atoms with Gasteiger partial charge < -0.3 is 15.3 Å². The van der Waals surface area contributed by atoms with Gasteiger partial charge in [-0.25, -0.2) is 4.79 Å². The minimum absolute atomic E-state index is 0.286. The smallest absolute Gasteiger partial charge is 0.372 e. The van der Waals surface area contributed by atoms with Crippen LogP contribution in [0.2, 0.25) is 0 Å². The third kappa shape index (κ3) is 3.45. The monoisotopic (exact) mass is 176 g/mol. The summed E-state index contributed by atoms with van der Waals surface area (Å²) >= 11 is 0. The van der Waals surface area contributed by atoms with Crippen LogP contribution in [0, 0.1) is 0 Å². The molecule has 0 bridgehead atoms. The van der Waals surface area contributed by atoms with Crippen LogP contribution in [0.1, 0.15) is 19.8 Å². The zero-order valence-electron chi connectivity index (χ0n) is 6.73. The Morgan fingerprint density at radius 2 is 1.75 bits per heavy atom. The molecule has 12 heavy (non-hydrogen) atoms. The molecular weight excluding hydrogens is 164 g/mol. The molecule has 0 aliphatic carbocycles. The first-order valence-corrected chi connectivity index (χ1v) is 3.61. The second-order valence-electron chi connectivity index (χ2n) is 2.48. The van der Waals surface area contributed by atoms with Gasteiger partial charge in [0.25, 0.3) is 0 Å². The number of carboxylic acids is 1. The maximum absolute atomic E-state index is 10.5. The van der Waals surface area contributed by atoms with E-state index in [4.69, 9.17) is 15.3 Å². The number of aliphatic hydroxyl groups is 2. The molecule has 3 N–H and O–H groups in total. The van der Waals surface area contributed by atoms with E-state index in [-0.39, 0.29) is 6.42 Å². The number of carbonyl (C=O) groups is 2. The Morgan fingerprint density at radius 1 is 1.25 bits per heavy atom. The molecule has 2 atom stereocenters. The topological polar surface area (TPSA) is 94.8 Å². The fourth-order valence-electron chi connectivity index (χ4n) is 0.685. The van der Waals surface area contributed by atoms with E-state index in [2.05, 4.69) is 0 Å². The second kappa shape index (κ2) is 4.84. The lowest BCUT2D eigenvalue weighted by atomic mass is 10.1. The van der Waals surface area contributed by atoms with Gasteiger partial charge in [-0.1, -0.05) is 6.92 Å². The highest BCUT2D eigenvalue weighted by Gasteiger charge is 2.21. The lowest BCUT2D eigenvalue weighted by Crippen LogP contribution is -2.30. The van der Waals surface area contributed by atoms with E-state index >= 15 is 0 Å². The Hall–Kier alpha value is -0.940. The Morgan fingerprint density at radius 3 is 2.08 bits per heavy atom. The summed E-state index contributed by atoms with van der Waals surface area (Å²) in [5, 5.41) is 26.1. The third-order valence-corrected chi connectivity index (χ3v) is 1.50. The quantitative estimate of drug-likeness (QED) is 0.475. The number of aliphatic hydroxyl groups excluding tert-OH is 2. The summed E-state index contributed by atoms with van der Waals surface area (Å²) in [6.07, 6.45) is -2.56. The third-order valence-electron chi connectivity index (χ3n) is 1.50. The summed E-state index contributed by atoms with van der Waals surface area (Å²) in [6.45, 7) is 1.62. The predicted molar refractivity (Wildman–Crippen MR) is 39.6 cm³/mol. The van der Waals surface area contributed by atoms with Crippen LogP contribution in [0.5, 0.6) is 0 Å². The van der Waals surface area contributed by atoms with Crippen molar-refractivity contribution < 1.29 is 24.9 Å². The average molecular weight is 176 g/mol. The number of hydrogen-bond donors (Lipinski definition) is 3. The Balaban J connectivity index is 3.92. The maximum Gasteiger partial charge on any atom is 0.372 e. The molecule has 0 saturated heterocycles. The molecular formula is C7H12O5. The standard InChI is InChI=1S/C7H12O5/c1-2-4(8)5(9)3-6(10)7(11)12/h4-5,8-9H,2-3H2,1H3,(H,11,12). The number of carboxylic acid groups (broad SMARTS) is 1. The van der Waals surface area contributed by atoms with Crippen LogP contribution in [0.25, 0.3) is 0 Å². The van der Waals surface area contributed by atoms with Crippen molar-refractivity contribution in [2.24, 2.45) is 0 Å². The highest BCUT2D eigenvalue weighted by Crippen LogP contribution is 2.03.